The van der Waals surface area contributed by atoms with E-state index in [0.717, 1.165) is 49.2 Å². The van der Waals surface area contributed by atoms with Crippen LogP contribution >= 0.6 is 0 Å². The number of rotatable bonds is 3. The molecule has 0 aliphatic carbocycles. The minimum absolute atomic E-state index is 0.285. The summed E-state index contributed by atoms with van der Waals surface area (Å²) in [6.07, 6.45) is 4.18. The van der Waals surface area contributed by atoms with Gasteiger partial charge in [0.2, 0.25) is 0 Å². The van der Waals surface area contributed by atoms with Crippen molar-refractivity contribution in [1.29, 1.82) is 0 Å². The molecule has 24 heavy (non-hydrogen) atoms. The van der Waals surface area contributed by atoms with Crippen LogP contribution in [0, 0.1) is 12.7 Å². The van der Waals surface area contributed by atoms with Crippen LogP contribution in [-0.4, -0.2) is 32.9 Å². The maximum Gasteiger partial charge on any atom is 0.170 e. The molecule has 0 radical (unpaired) electrons. The first-order chi connectivity index (χ1) is 11.6. The zero-order valence-electron chi connectivity index (χ0n) is 14.0. The number of halogens is 1. The summed E-state index contributed by atoms with van der Waals surface area (Å²) in [6, 6.07) is 4.66. The van der Waals surface area contributed by atoms with E-state index in [2.05, 4.69) is 28.3 Å². The summed E-state index contributed by atoms with van der Waals surface area (Å²) in [4.78, 5) is 2.46. The lowest BCUT2D eigenvalue weighted by atomic mass is 9.91. The Kier molecular flexibility index (Phi) is 3.84. The Labute approximate surface area is 140 Å². The third-order valence-electron chi connectivity index (χ3n) is 4.95. The average molecular weight is 328 g/mol. The number of hydrogen-bond acceptors (Lipinski definition) is 4. The number of hydrogen-bond donors (Lipinski definition) is 0. The van der Waals surface area contributed by atoms with Crippen molar-refractivity contribution in [1.82, 2.24) is 19.8 Å². The average Bonchev–Trinajstić information content (AvgIpc) is 3.11. The van der Waals surface area contributed by atoms with Crippen molar-refractivity contribution >= 4 is 11.0 Å². The number of fused-ring (bicyclic) bond motifs is 1. The highest BCUT2D eigenvalue weighted by Gasteiger charge is 2.25. The molecule has 1 aliphatic rings. The zero-order chi connectivity index (χ0) is 16.7. The molecular formula is C18H21FN4O. The number of piperidine rings is 1. The van der Waals surface area contributed by atoms with Crippen LogP contribution in [0.4, 0.5) is 4.39 Å². The van der Waals surface area contributed by atoms with E-state index in [1.807, 2.05) is 11.7 Å². The van der Waals surface area contributed by atoms with Crippen molar-refractivity contribution in [3.63, 3.8) is 0 Å². The van der Waals surface area contributed by atoms with Gasteiger partial charge in [0, 0.05) is 42.7 Å². The highest BCUT2D eigenvalue weighted by Crippen LogP contribution is 2.33. The Bertz CT molecular complexity index is 861. The summed E-state index contributed by atoms with van der Waals surface area (Å²) >= 11 is 0. The Balaban J connectivity index is 1.44. The summed E-state index contributed by atoms with van der Waals surface area (Å²) in [5.74, 6) is 0.0924. The van der Waals surface area contributed by atoms with Gasteiger partial charge in [-0.15, -0.1) is 0 Å². The highest BCUT2D eigenvalue weighted by molar-refractivity contribution is 5.79. The summed E-state index contributed by atoms with van der Waals surface area (Å²) in [5.41, 5.74) is 3.91. The van der Waals surface area contributed by atoms with Crippen LogP contribution in [0.2, 0.25) is 0 Å². The maximum absolute atomic E-state index is 13.3. The minimum Gasteiger partial charge on any atom is -0.356 e. The quantitative estimate of drug-likeness (QED) is 0.739. The second-order valence-electron chi connectivity index (χ2n) is 6.67. The predicted molar refractivity (Wildman–Crippen MR) is 89.2 cm³/mol. The predicted octanol–water partition coefficient (Wildman–Crippen LogP) is 3.39. The second kappa shape index (κ2) is 6.02. The molecule has 0 bridgehead atoms. The smallest absolute Gasteiger partial charge is 0.170 e. The monoisotopic (exact) mass is 328 g/mol. The van der Waals surface area contributed by atoms with Crippen LogP contribution in [0.5, 0.6) is 0 Å². The molecule has 0 atom stereocenters. The third kappa shape index (κ3) is 2.82. The molecular weight excluding hydrogens is 307 g/mol. The lowest BCUT2D eigenvalue weighted by Gasteiger charge is -2.31. The molecule has 0 unspecified atom stereocenters. The Morgan fingerprint density at radius 2 is 2.08 bits per heavy atom. The summed E-state index contributed by atoms with van der Waals surface area (Å²) in [6.45, 7) is 5.04. The van der Waals surface area contributed by atoms with E-state index in [-0.39, 0.29) is 5.82 Å². The molecule has 6 heteroatoms. The first kappa shape index (κ1) is 15.3. The number of nitrogens with zero attached hydrogens (tertiary/aromatic N) is 4. The zero-order valence-corrected chi connectivity index (χ0v) is 14.0. The Hall–Kier alpha value is -2.21. The van der Waals surface area contributed by atoms with Gasteiger partial charge in [0.25, 0.3) is 0 Å². The van der Waals surface area contributed by atoms with E-state index in [9.17, 15) is 4.39 Å². The van der Waals surface area contributed by atoms with Crippen LogP contribution in [-0.2, 0) is 13.6 Å². The van der Waals surface area contributed by atoms with Gasteiger partial charge >= 0.3 is 0 Å². The number of likely N-dealkylation sites (tertiary alicyclic amines) is 1. The second-order valence-corrected chi connectivity index (χ2v) is 6.67. The number of benzene rings is 1. The third-order valence-corrected chi connectivity index (χ3v) is 4.95. The van der Waals surface area contributed by atoms with Gasteiger partial charge in [0.1, 0.15) is 5.82 Å². The van der Waals surface area contributed by atoms with Crippen molar-refractivity contribution in [2.75, 3.05) is 13.1 Å². The number of aryl methyl sites for hydroxylation is 2. The molecule has 126 valence electrons. The summed E-state index contributed by atoms with van der Waals surface area (Å²) < 4.78 is 20.5. The van der Waals surface area contributed by atoms with Crippen LogP contribution in [0.25, 0.3) is 11.0 Å². The molecule has 0 spiro atoms. The van der Waals surface area contributed by atoms with Crippen molar-refractivity contribution in [2.45, 2.75) is 32.2 Å². The van der Waals surface area contributed by atoms with Crippen molar-refractivity contribution in [3.8, 4) is 0 Å². The summed E-state index contributed by atoms with van der Waals surface area (Å²) in [7, 11) is 1.96. The van der Waals surface area contributed by atoms with E-state index in [1.165, 1.54) is 17.7 Å². The fraction of sp³-hybridized carbons (Fsp3) is 0.444. The first-order valence-corrected chi connectivity index (χ1v) is 8.36. The highest BCUT2D eigenvalue weighted by atomic mass is 19.1. The largest absolute Gasteiger partial charge is 0.356 e. The molecule has 0 N–H and O–H groups in total. The molecule has 5 nitrogen and oxygen atoms in total. The molecule has 3 heterocycles. The fourth-order valence-corrected chi connectivity index (χ4v) is 3.63. The van der Waals surface area contributed by atoms with Gasteiger partial charge in [-0.3, -0.25) is 9.58 Å². The van der Waals surface area contributed by atoms with Gasteiger partial charge < -0.3 is 4.52 Å². The molecule has 0 amide bonds. The van der Waals surface area contributed by atoms with E-state index in [1.54, 1.807) is 6.07 Å². The molecule has 4 rings (SSSR count). The van der Waals surface area contributed by atoms with Gasteiger partial charge in [0.15, 0.2) is 5.58 Å². The minimum atomic E-state index is -0.285. The molecule has 1 aromatic carbocycles. The van der Waals surface area contributed by atoms with E-state index in [4.69, 9.17) is 4.52 Å². The van der Waals surface area contributed by atoms with Crippen molar-refractivity contribution < 1.29 is 8.91 Å². The molecule has 1 aliphatic heterocycles. The van der Waals surface area contributed by atoms with Gasteiger partial charge in [-0.1, -0.05) is 5.16 Å². The standard InChI is InChI=1S/C18H21FN4O/c1-12-14(10-22(2)20-12)11-23-7-5-13(6-8-23)18-16-4-3-15(19)9-17(16)24-21-18/h3-4,9-10,13H,5-8,11H2,1-2H3. The van der Waals surface area contributed by atoms with Gasteiger partial charge in [0.05, 0.1) is 11.4 Å². The topological polar surface area (TPSA) is 47.1 Å². The fourth-order valence-electron chi connectivity index (χ4n) is 3.63. The lowest BCUT2D eigenvalue weighted by molar-refractivity contribution is 0.201. The van der Waals surface area contributed by atoms with Gasteiger partial charge in [-0.05, 0) is 45.0 Å². The Morgan fingerprint density at radius 1 is 1.29 bits per heavy atom. The Morgan fingerprint density at radius 3 is 2.79 bits per heavy atom. The van der Waals surface area contributed by atoms with Crippen molar-refractivity contribution in [3.05, 3.63) is 47.2 Å². The number of aromatic nitrogens is 3. The van der Waals surface area contributed by atoms with E-state index in [0.29, 0.717) is 11.5 Å². The van der Waals surface area contributed by atoms with E-state index >= 15 is 0 Å². The normalized spacial score (nSPS) is 17.0. The van der Waals surface area contributed by atoms with Crippen LogP contribution < -0.4 is 0 Å². The van der Waals surface area contributed by atoms with Crippen molar-refractivity contribution in [2.24, 2.45) is 7.05 Å². The van der Waals surface area contributed by atoms with Crippen LogP contribution in [0.1, 0.15) is 35.7 Å². The van der Waals surface area contributed by atoms with E-state index < -0.39 is 0 Å². The SMILES string of the molecule is Cc1nn(C)cc1CN1CCC(c2noc3cc(F)ccc23)CC1. The van der Waals surface area contributed by atoms with Gasteiger partial charge in [-0.25, -0.2) is 4.39 Å². The van der Waals surface area contributed by atoms with Crippen LogP contribution in [0.3, 0.4) is 0 Å². The molecule has 3 aromatic rings. The maximum atomic E-state index is 13.3. The molecule has 1 saturated heterocycles. The summed E-state index contributed by atoms with van der Waals surface area (Å²) in [5, 5.41) is 9.57. The molecule has 2 aromatic heterocycles. The van der Waals surface area contributed by atoms with Crippen LogP contribution in [0.15, 0.2) is 28.9 Å². The first-order valence-electron chi connectivity index (χ1n) is 8.36. The van der Waals surface area contributed by atoms with Gasteiger partial charge in [-0.2, -0.15) is 5.10 Å². The molecule has 0 saturated carbocycles. The lowest BCUT2D eigenvalue weighted by Crippen LogP contribution is -2.32. The molecule has 1 fully saturated rings.